The van der Waals surface area contributed by atoms with Crippen molar-refractivity contribution in [2.24, 2.45) is 14.1 Å². The van der Waals surface area contributed by atoms with Gasteiger partial charge in [0, 0.05) is 32.6 Å². The van der Waals surface area contributed by atoms with Crippen LogP contribution in [0.2, 0.25) is 0 Å². The highest BCUT2D eigenvalue weighted by molar-refractivity contribution is 5.92. The first-order chi connectivity index (χ1) is 11.9. The van der Waals surface area contributed by atoms with Crippen LogP contribution in [0.25, 0.3) is 0 Å². The number of hydrogen-bond donors (Lipinski definition) is 0. The van der Waals surface area contributed by atoms with Crippen LogP contribution in [0, 0.1) is 0 Å². The third-order valence-corrected chi connectivity index (χ3v) is 5.06. The van der Waals surface area contributed by atoms with E-state index in [9.17, 15) is 14.4 Å². The second-order valence-electron chi connectivity index (χ2n) is 6.77. The van der Waals surface area contributed by atoms with Gasteiger partial charge < -0.3 is 4.90 Å². The third kappa shape index (κ3) is 2.41. The Morgan fingerprint density at radius 2 is 1.88 bits per heavy atom. The molecule has 0 spiro atoms. The monoisotopic (exact) mass is 344 g/mol. The van der Waals surface area contributed by atoms with E-state index in [0.29, 0.717) is 19.0 Å². The van der Waals surface area contributed by atoms with Crippen LogP contribution in [0.1, 0.15) is 53.9 Å². The minimum atomic E-state index is -0.514. The Balaban J connectivity index is 1.69. The molecule has 0 radical (unpaired) electrons. The zero-order valence-corrected chi connectivity index (χ0v) is 14.5. The normalized spacial score (nSPS) is 19.8. The van der Waals surface area contributed by atoms with Crippen LogP contribution in [-0.4, -0.2) is 41.3 Å². The number of hydrogen-bond acceptors (Lipinski definition) is 5. The fourth-order valence-electron chi connectivity index (χ4n) is 3.26. The van der Waals surface area contributed by atoms with Gasteiger partial charge in [0.1, 0.15) is 11.5 Å². The van der Waals surface area contributed by atoms with E-state index < -0.39 is 11.2 Å². The fourth-order valence-corrected chi connectivity index (χ4v) is 3.26. The number of nitrogens with zero attached hydrogens (tertiary/aromatic N) is 6. The minimum absolute atomic E-state index is 0.0929. The fraction of sp³-hybridized carbons (Fsp3) is 0.562. The smallest absolute Gasteiger partial charge is 0.326 e. The van der Waals surface area contributed by atoms with Crippen molar-refractivity contribution < 1.29 is 4.79 Å². The maximum atomic E-state index is 13.0. The van der Waals surface area contributed by atoms with Gasteiger partial charge in [0.05, 0.1) is 12.6 Å². The lowest BCUT2D eigenvalue weighted by atomic mass is 10.2. The summed E-state index contributed by atoms with van der Waals surface area (Å²) in [6.07, 6.45) is 2.24. The second-order valence-corrected chi connectivity index (χ2v) is 6.77. The highest BCUT2D eigenvalue weighted by Crippen LogP contribution is 2.39. The van der Waals surface area contributed by atoms with E-state index >= 15 is 0 Å². The van der Waals surface area contributed by atoms with E-state index in [1.54, 1.807) is 4.90 Å². The van der Waals surface area contributed by atoms with Gasteiger partial charge in [-0.05, 0) is 19.8 Å². The molecule has 9 heteroatoms. The van der Waals surface area contributed by atoms with Crippen molar-refractivity contribution in [1.29, 1.82) is 0 Å². The standard InChI is InChI=1S/C16H20N6O3/c1-9-14-17-13(10-4-5-10)18-22(14)7-6-21(9)15(24)11-8-12(23)20(3)16(25)19(11)2/h8-10H,4-7H2,1-3H3/t9-/m1/s1. The average Bonchev–Trinajstić information content (AvgIpc) is 3.35. The maximum absolute atomic E-state index is 13.0. The molecule has 2 aliphatic rings. The van der Waals surface area contributed by atoms with E-state index in [2.05, 4.69) is 10.1 Å². The summed E-state index contributed by atoms with van der Waals surface area (Å²) in [5.74, 6) is 1.73. The molecule has 4 rings (SSSR count). The predicted molar refractivity (Wildman–Crippen MR) is 88.4 cm³/mol. The van der Waals surface area contributed by atoms with Crippen LogP contribution < -0.4 is 11.2 Å². The van der Waals surface area contributed by atoms with Gasteiger partial charge in [0.15, 0.2) is 5.82 Å². The van der Waals surface area contributed by atoms with Crippen LogP contribution >= 0.6 is 0 Å². The first-order valence-corrected chi connectivity index (χ1v) is 8.41. The molecular weight excluding hydrogens is 324 g/mol. The number of fused-ring (bicyclic) bond motifs is 1. The molecule has 1 fully saturated rings. The van der Waals surface area contributed by atoms with Gasteiger partial charge in [-0.15, -0.1) is 0 Å². The lowest BCUT2D eigenvalue weighted by Gasteiger charge is -2.33. The number of aromatic nitrogens is 5. The molecule has 132 valence electrons. The van der Waals surface area contributed by atoms with E-state index in [0.717, 1.165) is 29.1 Å². The van der Waals surface area contributed by atoms with Crippen molar-refractivity contribution in [1.82, 2.24) is 28.8 Å². The summed E-state index contributed by atoms with van der Waals surface area (Å²) in [6, 6.07) is 0.950. The van der Waals surface area contributed by atoms with Gasteiger partial charge >= 0.3 is 5.69 Å². The van der Waals surface area contributed by atoms with Crippen LogP contribution in [-0.2, 0) is 20.6 Å². The largest absolute Gasteiger partial charge is 0.331 e. The lowest BCUT2D eigenvalue weighted by Crippen LogP contribution is -2.45. The Morgan fingerprint density at radius 1 is 1.16 bits per heavy atom. The quantitative estimate of drug-likeness (QED) is 0.750. The molecule has 0 N–H and O–H groups in total. The Bertz CT molecular complexity index is 981. The summed E-state index contributed by atoms with van der Waals surface area (Å²) >= 11 is 0. The Morgan fingerprint density at radius 3 is 2.56 bits per heavy atom. The molecule has 0 saturated heterocycles. The van der Waals surface area contributed by atoms with Gasteiger partial charge in [-0.3, -0.25) is 18.7 Å². The maximum Gasteiger partial charge on any atom is 0.331 e. The molecule has 1 amide bonds. The molecule has 0 bridgehead atoms. The first kappa shape index (κ1) is 15.8. The highest BCUT2D eigenvalue weighted by atomic mass is 16.2. The van der Waals surface area contributed by atoms with Crippen molar-refractivity contribution in [3.05, 3.63) is 44.2 Å². The van der Waals surface area contributed by atoms with Crippen molar-refractivity contribution in [3.63, 3.8) is 0 Å². The van der Waals surface area contributed by atoms with Crippen LogP contribution in [0.4, 0.5) is 0 Å². The van der Waals surface area contributed by atoms with E-state index in [4.69, 9.17) is 0 Å². The molecule has 1 saturated carbocycles. The second kappa shape index (κ2) is 5.40. The summed E-state index contributed by atoms with van der Waals surface area (Å²) < 4.78 is 4.06. The molecule has 0 unspecified atom stereocenters. The molecule has 2 aromatic rings. The lowest BCUT2D eigenvalue weighted by molar-refractivity contribution is 0.0618. The molecule has 1 aliphatic heterocycles. The van der Waals surface area contributed by atoms with Gasteiger partial charge in [-0.1, -0.05) is 0 Å². The Labute approximate surface area is 143 Å². The minimum Gasteiger partial charge on any atom is -0.326 e. The molecule has 1 aliphatic carbocycles. The van der Waals surface area contributed by atoms with Crippen LogP contribution in [0.5, 0.6) is 0 Å². The summed E-state index contributed by atoms with van der Waals surface area (Å²) in [6.45, 7) is 2.92. The Kier molecular flexibility index (Phi) is 3.41. The van der Waals surface area contributed by atoms with Gasteiger partial charge in [-0.2, -0.15) is 5.10 Å². The van der Waals surface area contributed by atoms with E-state index in [1.165, 1.54) is 24.7 Å². The van der Waals surface area contributed by atoms with Crippen LogP contribution in [0.15, 0.2) is 15.7 Å². The van der Waals surface area contributed by atoms with Crippen molar-refractivity contribution in [2.45, 2.75) is 38.3 Å². The predicted octanol–water partition coefficient (Wildman–Crippen LogP) is -0.230. The summed E-state index contributed by atoms with van der Waals surface area (Å²) in [7, 11) is 2.89. The van der Waals surface area contributed by atoms with E-state index in [1.807, 2.05) is 11.6 Å². The molecule has 9 nitrogen and oxygen atoms in total. The van der Waals surface area contributed by atoms with E-state index in [-0.39, 0.29) is 17.6 Å². The number of carbonyl (C=O) groups excluding carboxylic acids is 1. The average molecular weight is 344 g/mol. The molecule has 0 aromatic carbocycles. The van der Waals surface area contributed by atoms with Crippen LogP contribution in [0.3, 0.4) is 0 Å². The highest BCUT2D eigenvalue weighted by Gasteiger charge is 2.35. The van der Waals surface area contributed by atoms with Gasteiger partial charge in [-0.25, -0.2) is 14.5 Å². The molecular formula is C16H20N6O3. The SMILES string of the molecule is C[C@@H]1c2nc(C3CC3)nn2CCN1C(=O)c1cc(=O)n(C)c(=O)n1C. The first-order valence-electron chi connectivity index (χ1n) is 8.41. The number of carbonyl (C=O) groups is 1. The summed E-state index contributed by atoms with van der Waals surface area (Å²) in [5.41, 5.74) is -0.912. The molecule has 3 heterocycles. The summed E-state index contributed by atoms with van der Waals surface area (Å²) in [4.78, 5) is 43.2. The zero-order valence-electron chi connectivity index (χ0n) is 14.5. The molecule has 2 aromatic heterocycles. The third-order valence-electron chi connectivity index (χ3n) is 5.06. The van der Waals surface area contributed by atoms with Crippen molar-refractivity contribution in [3.8, 4) is 0 Å². The number of amides is 1. The van der Waals surface area contributed by atoms with Gasteiger partial charge in [0.2, 0.25) is 0 Å². The van der Waals surface area contributed by atoms with Gasteiger partial charge in [0.25, 0.3) is 11.5 Å². The topological polar surface area (TPSA) is 95.0 Å². The Hall–Kier alpha value is -2.71. The van der Waals surface area contributed by atoms with Crippen molar-refractivity contribution >= 4 is 5.91 Å². The molecule has 25 heavy (non-hydrogen) atoms. The van der Waals surface area contributed by atoms with Crippen molar-refractivity contribution in [2.75, 3.05) is 6.54 Å². The summed E-state index contributed by atoms with van der Waals surface area (Å²) in [5, 5.41) is 4.55. The number of rotatable bonds is 2. The zero-order chi connectivity index (χ0) is 17.9. The molecule has 1 atom stereocenters.